The Morgan fingerprint density at radius 3 is 2.09 bits per heavy atom. The van der Waals surface area contributed by atoms with Crippen LogP contribution in [0.15, 0.2) is 54.6 Å². The van der Waals surface area contributed by atoms with Gasteiger partial charge in [0.15, 0.2) is 0 Å². The zero-order chi connectivity index (χ0) is 23.3. The van der Waals surface area contributed by atoms with Crippen LogP contribution in [-0.4, -0.2) is 57.7 Å². The van der Waals surface area contributed by atoms with E-state index in [1.165, 1.54) is 7.11 Å². The molecule has 32 heavy (non-hydrogen) atoms. The third-order valence-electron chi connectivity index (χ3n) is 5.48. The Balaban J connectivity index is 1.73. The van der Waals surface area contributed by atoms with Gasteiger partial charge in [-0.2, -0.15) is 0 Å². The van der Waals surface area contributed by atoms with Gasteiger partial charge in [-0.1, -0.05) is 18.2 Å². The molecule has 1 heterocycles. The standard InChI is InChI=1S/C23H28N2O6S/c1-17(22(26)24-15-13-18(14-16-24)23(27)30-2)25(32(3,28)29)19-9-11-21(12-10-19)31-20-7-5-4-6-8-20/h4-12,17-18H,13-16H2,1-3H3. The highest BCUT2D eigenvalue weighted by atomic mass is 32.2. The van der Waals surface area contributed by atoms with Gasteiger partial charge in [0.05, 0.1) is 25.0 Å². The summed E-state index contributed by atoms with van der Waals surface area (Å²) in [6.45, 7) is 2.33. The molecule has 0 radical (unpaired) electrons. The van der Waals surface area contributed by atoms with Crippen LogP contribution in [0, 0.1) is 5.92 Å². The van der Waals surface area contributed by atoms with Gasteiger partial charge >= 0.3 is 5.97 Å². The highest BCUT2D eigenvalue weighted by Gasteiger charge is 2.35. The first-order chi connectivity index (χ1) is 15.2. The second-order valence-electron chi connectivity index (χ2n) is 7.77. The number of esters is 1. The number of benzene rings is 2. The molecule has 1 fully saturated rings. The maximum atomic E-state index is 13.1. The van der Waals surface area contributed by atoms with Crippen LogP contribution >= 0.6 is 0 Å². The van der Waals surface area contributed by atoms with Crippen LogP contribution in [0.3, 0.4) is 0 Å². The Morgan fingerprint density at radius 2 is 1.56 bits per heavy atom. The molecule has 0 aromatic heterocycles. The zero-order valence-corrected chi connectivity index (χ0v) is 19.2. The molecule has 0 bridgehead atoms. The summed E-state index contributed by atoms with van der Waals surface area (Å²) in [5.41, 5.74) is 0.373. The number of nitrogens with zero attached hydrogens (tertiary/aromatic N) is 2. The van der Waals surface area contributed by atoms with Crippen molar-refractivity contribution in [3.05, 3.63) is 54.6 Å². The lowest BCUT2D eigenvalue weighted by atomic mass is 9.96. The molecule has 0 aliphatic carbocycles. The Kier molecular flexibility index (Phi) is 7.40. The third-order valence-corrected chi connectivity index (χ3v) is 6.72. The SMILES string of the molecule is COC(=O)C1CCN(C(=O)C(C)N(c2ccc(Oc3ccccc3)cc2)S(C)(=O)=O)CC1. The lowest BCUT2D eigenvalue weighted by Gasteiger charge is -2.36. The van der Waals surface area contributed by atoms with Crippen molar-refractivity contribution in [3.63, 3.8) is 0 Å². The number of hydrogen-bond acceptors (Lipinski definition) is 6. The molecule has 8 nitrogen and oxygen atoms in total. The molecule has 2 aromatic carbocycles. The minimum Gasteiger partial charge on any atom is -0.469 e. The molecule has 1 aliphatic heterocycles. The number of piperidine rings is 1. The van der Waals surface area contributed by atoms with Crippen molar-refractivity contribution in [2.45, 2.75) is 25.8 Å². The second-order valence-corrected chi connectivity index (χ2v) is 9.63. The Hall–Kier alpha value is -3.07. The summed E-state index contributed by atoms with van der Waals surface area (Å²) in [4.78, 5) is 26.4. The summed E-state index contributed by atoms with van der Waals surface area (Å²) in [6, 6.07) is 14.9. The predicted octanol–water partition coefficient (Wildman–Crippen LogP) is 3.05. The second kappa shape index (κ2) is 10.0. The summed E-state index contributed by atoms with van der Waals surface area (Å²) in [6.07, 6.45) is 2.07. The molecule has 2 aromatic rings. The van der Waals surface area contributed by atoms with Crippen LogP contribution in [0.5, 0.6) is 11.5 Å². The fraction of sp³-hybridized carbons (Fsp3) is 0.391. The van der Waals surface area contributed by atoms with E-state index >= 15 is 0 Å². The zero-order valence-electron chi connectivity index (χ0n) is 18.4. The quantitative estimate of drug-likeness (QED) is 0.590. The molecule has 9 heteroatoms. The van der Waals surface area contributed by atoms with E-state index in [-0.39, 0.29) is 17.8 Å². The van der Waals surface area contributed by atoms with Crippen molar-refractivity contribution in [1.82, 2.24) is 4.90 Å². The average Bonchev–Trinajstić information content (AvgIpc) is 2.79. The van der Waals surface area contributed by atoms with Crippen molar-refractivity contribution in [2.24, 2.45) is 5.92 Å². The number of anilines is 1. The van der Waals surface area contributed by atoms with Crippen LogP contribution in [0.1, 0.15) is 19.8 Å². The first kappa shape index (κ1) is 23.6. The van der Waals surface area contributed by atoms with Crippen LogP contribution < -0.4 is 9.04 Å². The fourth-order valence-corrected chi connectivity index (χ4v) is 5.02. The normalized spacial score (nSPS) is 15.7. The summed E-state index contributed by atoms with van der Waals surface area (Å²) in [7, 11) is -2.38. The molecule has 3 rings (SSSR count). The first-order valence-corrected chi connectivity index (χ1v) is 12.2. The van der Waals surface area contributed by atoms with Gasteiger partial charge in [0, 0.05) is 13.1 Å². The summed E-state index contributed by atoms with van der Waals surface area (Å²) < 4.78 is 36.8. The van der Waals surface area contributed by atoms with E-state index in [0.717, 1.165) is 10.6 Å². The van der Waals surface area contributed by atoms with E-state index < -0.39 is 16.1 Å². The highest BCUT2D eigenvalue weighted by molar-refractivity contribution is 7.92. The molecule has 1 aliphatic rings. The Bertz CT molecular complexity index is 1030. The highest BCUT2D eigenvalue weighted by Crippen LogP contribution is 2.28. The minimum atomic E-state index is -3.73. The number of carbonyl (C=O) groups is 2. The predicted molar refractivity (Wildman–Crippen MR) is 121 cm³/mol. The lowest BCUT2D eigenvalue weighted by Crippen LogP contribution is -2.51. The van der Waals surface area contributed by atoms with E-state index in [1.807, 2.05) is 30.3 Å². The number of carbonyl (C=O) groups excluding carboxylic acids is 2. The fourth-order valence-electron chi connectivity index (χ4n) is 3.85. The van der Waals surface area contributed by atoms with Gasteiger partial charge in [-0.15, -0.1) is 0 Å². The topological polar surface area (TPSA) is 93.2 Å². The van der Waals surface area contributed by atoms with E-state index in [4.69, 9.17) is 9.47 Å². The summed E-state index contributed by atoms with van der Waals surface area (Å²) in [5, 5.41) is 0. The van der Waals surface area contributed by atoms with Crippen LogP contribution in [0.4, 0.5) is 5.69 Å². The smallest absolute Gasteiger partial charge is 0.308 e. The number of methoxy groups -OCH3 is 1. The number of likely N-dealkylation sites (tertiary alicyclic amines) is 1. The molecule has 1 atom stereocenters. The molecule has 1 amide bonds. The third kappa shape index (κ3) is 5.59. The molecule has 0 saturated carbocycles. The van der Waals surface area contributed by atoms with Crippen molar-refractivity contribution < 1.29 is 27.5 Å². The average molecular weight is 461 g/mol. The van der Waals surface area contributed by atoms with Gasteiger partial charge in [-0.05, 0) is 56.2 Å². The van der Waals surface area contributed by atoms with E-state index in [2.05, 4.69) is 0 Å². The van der Waals surface area contributed by atoms with Crippen molar-refractivity contribution in [2.75, 3.05) is 30.8 Å². The minimum absolute atomic E-state index is 0.234. The van der Waals surface area contributed by atoms with Gasteiger partial charge in [0.1, 0.15) is 17.5 Å². The molecule has 1 unspecified atom stereocenters. The molecule has 172 valence electrons. The number of ether oxygens (including phenoxy) is 2. The monoisotopic (exact) mass is 460 g/mol. The van der Waals surface area contributed by atoms with Gasteiger partial charge in [0.25, 0.3) is 0 Å². The largest absolute Gasteiger partial charge is 0.469 e. The lowest BCUT2D eigenvalue weighted by molar-refractivity contribution is -0.149. The molecule has 0 N–H and O–H groups in total. The van der Waals surface area contributed by atoms with Crippen LogP contribution in [0.2, 0.25) is 0 Å². The van der Waals surface area contributed by atoms with Gasteiger partial charge in [-0.25, -0.2) is 8.42 Å². The molecule has 0 spiro atoms. The van der Waals surface area contributed by atoms with Crippen LogP contribution in [-0.2, 0) is 24.3 Å². The van der Waals surface area contributed by atoms with Crippen molar-refractivity contribution >= 4 is 27.6 Å². The van der Waals surface area contributed by atoms with Gasteiger partial charge in [-0.3, -0.25) is 13.9 Å². The number of sulfonamides is 1. The Morgan fingerprint density at radius 1 is 1.00 bits per heavy atom. The van der Waals surface area contributed by atoms with Gasteiger partial charge in [0.2, 0.25) is 15.9 Å². The number of hydrogen-bond donors (Lipinski definition) is 0. The maximum absolute atomic E-state index is 13.1. The number of para-hydroxylation sites is 1. The van der Waals surface area contributed by atoms with E-state index in [1.54, 1.807) is 36.1 Å². The Labute approximate surface area is 188 Å². The van der Waals surface area contributed by atoms with Crippen molar-refractivity contribution in [3.8, 4) is 11.5 Å². The van der Waals surface area contributed by atoms with E-state index in [9.17, 15) is 18.0 Å². The van der Waals surface area contributed by atoms with Crippen LogP contribution in [0.25, 0.3) is 0 Å². The summed E-state index contributed by atoms with van der Waals surface area (Å²) in [5.74, 6) is 0.406. The number of rotatable bonds is 7. The van der Waals surface area contributed by atoms with Gasteiger partial charge < -0.3 is 14.4 Å². The molecular weight excluding hydrogens is 432 g/mol. The summed E-state index contributed by atoms with van der Waals surface area (Å²) >= 11 is 0. The number of amides is 1. The first-order valence-electron chi connectivity index (χ1n) is 10.4. The maximum Gasteiger partial charge on any atom is 0.308 e. The molecule has 1 saturated heterocycles. The van der Waals surface area contributed by atoms with E-state index in [0.29, 0.717) is 43.1 Å². The molecular formula is C23H28N2O6S. The van der Waals surface area contributed by atoms with Crippen molar-refractivity contribution in [1.29, 1.82) is 0 Å².